The van der Waals surface area contributed by atoms with Gasteiger partial charge in [0.25, 0.3) is 5.91 Å². The van der Waals surface area contributed by atoms with Crippen LogP contribution in [0.25, 0.3) is 11.1 Å². The number of amides is 1. The maximum atomic E-state index is 12.5. The van der Waals surface area contributed by atoms with Crippen LogP contribution in [0.3, 0.4) is 0 Å². The van der Waals surface area contributed by atoms with Gasteiger partial charge in [0, 0.05) is 23.7 Å². The topological polar surface area (TPSA) is 46.3 Å². The number of hydrogen-bond donors (Lipinski definition) is 0. The van der Waals surface area contributed by atoms with E-state index in [9.17, 15) is 4.79 Å². The fourth-order valence-corrected chi connectivity index (χ4v) is 3.17. The lowest BCUT2D eigenvalue weighted by molar-refractivity contribution is 0.0790. The number of oxazole rings is 1. The highest BCUT2D eigenvalue weighted by Crippen LogP contribution is 2.30. The Hall–Kier alpha value is -2.33. The highest BCUT2D eigenvalue weighted by molar-refractivity contribution is 6.31. The van der Waals surface area contributed by atoms with Crippen LogP contribution in [0.2, 0.25) is 5.02 Å². The van der Waals surface area contributed by atoms with Crippen molar-refractivity contribution in [2.24, 2.45) is 0 Å². The molecule has 1 atom stereocenters. The van der Waals surface area contributed by atoms with E-state index in [1.807, 2.05) is 41.3 Å². The molecule has 0 spiro atoms. The molecule has 5 heteroatoms. The van der Waals surface area contributed by atoms with Gasteiger partial charge in [-0.15, -0.1) is 0 Å². The minimum atomic E-state index is 0.0623. The number of benzene rings is 2. The Labute approximate surface area is 138 Å². The molecule has 1 unspecified atom stereocenters. The maximum Gasteiger partial charge on any atom is 0.253 e. The smallest absolute Gasteiger partial charge is 0.253 e. The molecule has 1 saturated heterocycles. The van der Waals surface area contributed by atoms with Crippen LogP contribution >= 0.6 is 11.6 Å². The second kappa shape index (κ2) is 5.70. The molecular formula is C18H15ClN2O2. The molecule has 4 nitrogen and oxygen atoms in total. The number of likely N-dealkylation sites (tertiary alicyclic amines) is 1. The summed E-state index contributed by atoms with van der Waals surface area (Å²) in [5.74, 6) is 0.881. The van der Waals surface area contributed by atoms with Gasteiger partial charge >= 0.3 is 0 Å². The number of carbonyl (C=O) groups is 1. The first-order chi connectivity index (χ1) is 11.2. The van der Waals surface area contributed by atoms with Gasteiger partial charge in [-0.3, -0.25) is 4.79 Å². The number of halogens is 1. The third-order valence-corrected chi connectivity index (χ3v) is 4.45. The summed E-state index contributed by atoms with van der Waals surface area (Å²) in [6.45, 7) is 1.35. The van der Waals surface area contributed by atoms with E-state index in [-0.39, 0.29) is 11.8 Å². The van der Waals surface area contributed by atoms with Crippen molar-refractivity contribution >= 4 is 28.6 Å². The van der Waals surface area contributed by atoms with Crippen molar-refractivity contribution in [2.45, 2.75) is 12.3 Å². The zero-order valence-electron chi connectivity index (χ0n) is 12.4. The predicted molar refractivity (Wildman–Crippen MR) is 88.7 cm³/mol. The van der Waals surface area contributed by atoms with Crippen molar-refractivity contribution in [2.75, 3.05) is 13.1 Å². The second-order valence-electron chi connectivity index (χ2n) is 5.77. The van der Waals surface area contributed by atoms with Crippen LogP contribution in [-0.2, 0) is 0 Å². The van der Waals surface area contributed by atoms with E-state index < -0.39 is 0 Å². The Morgan fingerprint density at radius 1 is 1.22 bits per heavy atom. The molecule has 4 rings (SSSR count). The molecule has 1 amide bonds. The molecule has 116 valence electrons. The average molecular weight is 327 g/mol. The Morgan fingerprint density at radius 2 is 2.04 bits per heavy atom. The van der Waals surface area contributed by atoms with Crippen LogP contribution in [0.1, 0.15) is 28.6 Å². The first-order valence-corrected chi connectivity index (χ1v) is 7.99. The monoisotopic (exact) mass is 326 g/mol. The van der Waals surface area contributed by atoms with Crippen molar-refractivity contribution in [1.82, 2.24) is 9.88 Å². The quantitative estimate of drug-likeness (QED) is 0.712. The lowest BCUT2D eigenvalue weighted by Crippen LogP contribution is -2.28. The van der Waals surface area contributed by atoms with E-state index in [2.05, 4.69) is 4.98 Å². The zero-order valence-corrected chi connectivity index (χ0v) is 13.2. The molecule has 1 aliphatic rings. The van der Waals surface area contributed by atoms with Gasteiger partial charge in [-0.05, 0) is 36.8 Å². The molecule has 0 saturated carbocycles. The molecule has 1 aliphatic heterocycles. The van der Waals surface area contributed by atoms with Crippen molar-refractivity contribution in [3.63, 3.8) is 0 Å². The average Bonchev–Trinajstić information content (AvgIpc) is 3.21. The molecule has 0 N–H and O–H groups in total. The normalized spacial score (nSPS) is 17.8. The summed E-state index contributed by atoms with van der Waals surface area (Å²) in [4.78, 5) is 18.9. The SMILES string of the molecule is O=C(c1ccccc1)N1CCC(c2nc3cc(Cl)ccc3o2)C1. The van der Waals surface area contributed by atoms with Crippen molar-refractivity contribution < 1.29 is 9.21 Å². The fraction of sp³-hybridized carbons (Fsp3) is 0.222. The molecule has 0 bridgehead atoms. The highest BCUT2D eigenvalue weighted by Gasteiger charge is 2.31. The van der Waals surface area contributed by atoms with E-state index in [1.165, 1.54) is 0 Å². The summed E-state index contributed by atoms with van der Waals surface area (Å²) in [5.41, 5.74) is 2.22. The van der Waals surface area contributed by atoms with Gasteiger partial charge in [0.15, 0.2) is 11.5 Å². The second-order valence-corrected chi connectivity index (χ2v) is 6.20. The molecule has 0 aliphatic carbocycles. The van der Waals surface area contributed by atoms with Crippen molar-refractivity contribution in [3.05, 3.63) is 65.0 Å². The Kier molecular flexibility index (Phi) is 3.54. The first-order valence-electron chi connectivity index (χ1n) is 7.61. The van der Waals surface area contributed by atoms with Crippen LogP contribution in [0.15, 0.2) is 52.9 Å². The number of fused-ring (bicyclic) bond motifs is 1. The fourth-order valence-electron chi connectivity index (χ4n) is 3.00. The van der Waals surface area contributed by atoms with Crippen LogP contribution in [0.4, 0.5) is 0 Å². The molecule has 2 heterocycles. The van der Waals surface area contributed by atoms with Gasteiger partial charge in [-0.2, -0.15) is 0 Å². The molecule has 1 fully saturated rings. The summed E-state index contributed by atoms with van der Waals surface area (Å²) in [7, 11) is 0. The summed E-state index contributed by atoms with van der Waals surface area (Å²) in [5, 5.41) is 0.643. The number of rotatable bonds is 2. The van der Waals surface area contributed by atoms with Gasteiger partial charge in [0.2, 0.25) is 0 Å². The van der Waals surface area contributed by atoms with Gasteiger partial charge in [0.05, 0.1) is 5.92 Å². The standard InChI is InChI=1S/C18H15ClN2O2/c19-14-6-7-16-15(10-14)20-17(23-16)13-8-9-21(11-13)18(22)12-4-2-1-3-5-12/h1-7,10,13H,8-9,11H2. The van der Waals surface area contributed by atoms with Crippen LogP contribution in [0, 0.1) is 0 Å². The van der Waals surface area contributed by atoms with Crippen molar-refractivity contribution in [3.8, 4) is 0 Å². The first kappa shape index (κ1) is 14.3. The van der Waals surface area contributed by atoms with Crippen LogP contribution in [-0.4, -0.2) is 28.9 Å². The Morgan fingerprint density at radius 3 is 2.87 bits per heavy atom. The summed E-state index contributed by atoms with van der Waals surface area (Å²) < 4.78 is 5.83. The van der Waals surface area contributed by atoms with Gasteiger partial charge < -0.3 is 9.32 Å². The Bertz CT molecular complexity index is 860. The molecule has 1 aromatic heterocycles. The lowest BCUT2D eigenvalue weighted by Gasteiger charge is -2.15. The maximum absolute atomic E-state index is 12.5. The molecule has 2 aromatic carbocycles. The van der Waals surface area contributed by atoms with E-state index in [1.54, 1.807) is 12.1 Å². The minimum Gasteiger partial charge on any atom is -0.440 e. The molecule has 3 aromatic rings. The largest absolute Gasteiger partial charge is 0.440 e. The number of nitrogens with zero attached hydrogens (tertiary/aromatic N) is 2. The third kappa shape index (κ3) is 2.70. The van der Waals surface area contributed by atoms with E-state index in [4.69, 9.17) is 16.0 Å². The van der Waals surface area contributed by atoms with Crippen molar-refractivity contribution in [1.29, 1.82) is 0 Å². The summed E-state index contributed by atoms with van der Waals surface area (Å²) in [6.07, 6.45) is 0.860. The minimum absolute atomic E-state index is 0.0623. The highest BCUT2D eigenvalue weighted by atomic mass is 35.5. The third-order valence-electron chi connectivity index (χ3n) is 4.21. The molecule has 23 heavy (non-hydrogen) atoms. The predicted octanol–water partition coefficient (Wildman–Crippen LogP) is 4.11. The van der Waals surface area contributed by atoms with Gasteiger partial charge in [-0.25, -0.2) is 4.98 Å². The number of hydrogen-bond acceptors (Lipinski definition) is 3. The Balaban J connectivity index is 1.54. The molecule has 0 radical (unpaired) electrons. The summed E-state index contributed by atoms with van der Waals surface area (Å²) >= 11 is 5.99. The number of aromatic nitrogens is 1. The summed E-state index contributed by atoms with van der Waals surface area (Å²) in [6, 6.07) is 14.8. The number of carbonyl (C=O) groups excluding carboxylic acids is 1. The van der Waals surface area contributed by atoms with E-state index in [0.29, 0.717) is 17.5 Å². The van der Waals surface area contributed by atoms with Crippen LogP contribution in [0.5, 0.6) is 0 Å². The van der Waals surface area contributed by atoms with E-state index >= 15 is 0 Å². The lowest BCUT2D eigenvalue weighted by atomic mass is 10.1. The van der Waals surface area contributed by atoms with E-state index in [0.717, 1.165) is 29.6 Å². The molecular weight excluding hydrogens is 312 g/mol. The van der Waals surface area contributed by atoms with Crippen LogP contribution < -0.4 is 0 Å². The van der Waals surface area contributed by atoms with Gasteiger partial charge in [0.1, 0.15) is 5.52 Å². The zero-order chi connectivity index (χ0) is 15.8. The van der Waals surface area contributed by atoms with Gasteiger partial charge in [-0.1, -0.05) is 29.8 Å².